The molecule has 1 atom stereocenters. The summed E-state index contributed by atoms with van der Waals surface area (Å²) in [5.74, 6) is -1.97. The summed E-state index contributed by atoms with van der Waals surface area (Å²) >= 11 is 0.680. The predicted molar refractivity (Wildman–Crippen MR) is 130 cm³/mol. The van der Waals surface area contributed by atoms with Crippen LogP contribution < -0.4 is 16.8 Å². The van der Waals surface area contributed by atoms with Gasteiger partial charge in [-0.05, 0) is 56.9 Å². The van der Waals surface area contributed by atoms with Gasteiger partial charge in [-0.3, -0.25) is 14.4 Å². The van der Waals surface area contributed by atoms with Gasteiger partial charge in [0.05, 0.1) is 12.2 Å². The molecule has 5 N–H and O–H groups in total. The van der Waals surface area contributed by atoms with Crippen LogP contribution in [0.2, 0.25) is 0 Å². The summed E-state index contributed by atoms with van der Waals surface area (Å²) in [6, 6.07) is 7.91. The summed E-state index contributed by atoms with van der Waals surface area (Å²) in [6.07, 6.45) is 0.619. The number of anilines is 1. The largest absolute Gasteiger partial charge is 0.464 e. The molecule has 0 aliphatic carbocycles. The van der Waals surface area contributed by atoms with Crippen LogP contribution in [0.25, 0.3) is 0 Å². The van der Waals surface area contributed by atoms with Crippen LogP contribution >= 0.6 is 11.5 Å². The molecule has 11 heteroatoms. The van der Waals surface area contributed by atoms with Crippen molar-refractivity contribution in [3.8, 4) is 0 Å². The van der Waals surface area contributed by atoms with Crippen LogP contribution in [0.3, 0.4) is 0 Å². The maximum Gasteiger partial charge on any atom is 0.270 e. The van der Waals surface area contributed by atoms with Gasteiger partial charge in [0.25, 0.3) is 17.7 Å². The Kier molecular flexibility index (Phi) is 7.59. The van der Waals surface area contributed by atoms with Crippen LogP contribution in [-0.4, -0.2) is 32.5 Å². The van der Waals surface area contributed by atoms with Crippen molar-refractivity contribution in [2.24, 2.45) is 5.73 Å². The maximum absolute atomic E-state index is 14.6. The number of halogens is 1. The Balaban J connectivity index is 2.16. The van der Waals surface area contributed by atoms with Crippen molar-refractivity contribution in [2.75, 3.05) is 5.73 Å². The van der Waals surface area contributed by atoms with Crippen molar-refractivity contribution < 1.29 is 23.2 Å². The number of nitrogens with one attached hydrogen (secondary N) is 1. The monoisotopic (exact) mass is 501 g/mol. The van der Waals surface area contributed by atoms with Crippen LogP contribution in [0.15, 0.2) is 40.8 Å². The summed E-state index contributed by atoms with van der Waals surface area (Å²) in [4.78, 5) is 40.1. The average Bonchev–Trinajstić information content (AvgIpc) is 3.39. The Hall–Kier alpha value is -3.73. The lowest BCUT2D eigenvalue weighted by Gasteiger charge is -2.33. The third kappa shape index (κ3) is 5.68. The van der Waals surface area contributed by atoms with Crippen molar-refractivity contribution in [1.29, 1.82) is 0 Å². The number of amides is 3. The Morgan fingerprint density at radius 1 is 1.23 bits per heavy atom. The van der Waals surface area contributed by atoms with Gasteiger partial charge in [-0.2, -0.15) is 4.37 Å². The number of benzene rings is 1. The number of nitrogens with zero attached hydrogens (tertiary/aromatic N) is 2. The molecule has 9 nitrogen and oxygen atoms in total. The van der Waals surface area contributed by atoms with E-state index in [-0.39, 0.29) is 34.1 Å². The molecule has 0 radical (unpaired) electrons. The minimum atomic E-state index is -1.26. The number of hydrogen-bond donors (Lipinski definition) is 3. The minimum absolute atomic E-state index is 0.0917. The molecule has 3 rings (SSSR count). The molecule has 0 saturated heterocycles. The van der Waals surface area contributed by atoms with E-state index in [9.17, 15) is 18.8 Å². The second kappa shape index (κ2) is 10.3. The molecule has 2 aromatic heterocycles. The van der Waals surface area contributed by atoms with Crippen molar-refractivity contribution in [3.63, 3.8) is 0 Å². The summed E-state index contributed by atoms with van der Waals surface area (Å²) < 4.78 is 24.3. The van der Waals surface area contributed by atoms with E-state index >= 15 is 0 Å². The van der Waals surface area contributed by atoms with E-state index in [0.29, 0.717) is 23.7 Å². The van der Waals surface area contributed by atoms with E-state index in [1.165, 1.54) is 18.2 Å². The molecule has 0 aliphatic heterocycles. The van der Waals surface area contributed by atoms with Gasteiger partial charge in [-0.15, -0.1) is 0 Å². The van der Waals surface area contributed by atoms with Crippen molar-refractivity contribution in [1.82, 2.24) is 14.6 Å². The third-order valence-corrected chi connectivity index (χ3v) is 6.50. The summed E-state index contributed by atoms with van der Waals surface area (Å²) in [7, 11) is 0. The highest BCUT2D eigenvalue weighted by Gasteiger charge is 2.38. The number of aryl methyl sites for hydroxylation is 1. The molecular weight excluding hydrogens is 473 g/mol. The van der Waals surface area contributed by atoms with Gasteiger partial charge in [0, 0.05) is 11.1 Å². The van der Waals surface area contributed by atoms with E-state index in [1.54, 1.807) is 25.1 Å². The normalized spacial score (nSPS) is 12.3. The number of carbonyl (C=O) groups is 3. The van der Waals surface area contributed by atoms with Gasteiger partial charge in [0.2, 0.25) is 0 Å². The molecule has 2 heterocycles. The highest BCUT2D eigenvalue weighted by atomic mass is 32.1. The fourth-order valence-corrected chi connectivity index (χ4v) is 4.13. The zero-order chi connectivity index (χ0) is 25.9. The molecule has 3 amide bonds. The first kappa shape index (κ1) is 25.9. The van der Waals surface area contributed by atoms with E-state index in [4.69, 9.17) is 15.9 Å². The van der Waals surface area contributed by atoms with Crippen LogP contribution in [0.1, 0.15) is 70.5 Å². The van der Waals surface area contributed by atoms with Crippen molar-refractivity contribution in [2.45, 2.75) is 52.2 Å². The molecule has 35 heavy (non-hydrogen) atoms. The van der Waals surface area contributed by atoms with Crippen LogP contribution in [-0.2, 0) is 11.3 Å². The first-order chi connectivity index (χ1) is 16.4. The lowest BCUT2D eigenvalue weighted by Crippen LogP contribution is -2.50. The second-order valence-corrected chi connectivity index (χ2v) is 9.51. The average molecular weight is 502 g/mol. The molecule has 0 fully saturated rings. The number of nitrogen functional groups attached to an aromatic ring is 1. The molecule has 0 unspecified atom stereocenters. The maximum atomic E-state index is 14.6. The summed E-state index contributed by atoms with van der Waals surface area (Å²) in [5.41, 5.74) is 10.5. The predicted octanol–water partition coefficient (Wildman–Crippen LogP) is 3.55. The lowest BCUT2D eigenvalue weighted by atomic mass is 10.0. The summed E-state index contributed by atoms with van der Waals surface area (Å²) in [6.45, 7) is 7.03. The first-order valence-electron chi connectivity index (χ1n) is 10.9. The molecular formula is C24H28FN5O4S. The summed E-state index contributed by atoms with van der Waals surface area (Å²) in [5, 5.41) is 2.93. The Morgan fingerprint density at radius 2 is 1.91 bits per heavy atom. The lowest BCUT2D eigenvalue weighted by molar-refractivity contribution is -0.128. The van der Waals surface area contributed by atoms with Crippen LogP contribution in [0, 0.1) is 12.7 Å². The fourth-order valence-electron chi connectivity index (χ4n) is 3.37. The van der Waals surface area contributed by atoms with E-state index in [2.05, 4.69) is 9.69 Å². The Bertz CT molecular complexity index is 1250. The van der Waals surface area contributed by atoms with Crippen molar-refractivity contribution in [3.05, 3.63) is 69.9 Å². The molecule has 186 valence electrons. The second-order valence-electron chi connectivity index (χ2n) is 8.74. The molecule has 0 saturated carbocycles. The third-order valence-electron chi connectivity index (χ3n) is 5.65. The minimum Gasteiger partial charge on any atom is -0.464 e. The molecule has 0 spiro atoms. The SMILES string of the molecule is CCC(C)(C)NC(=O)[C@@H](c1ccc(C)o1)N(Cc1ccccc1F)C(=O)c1snc(C(N)=O)c1N. The zero-order valence-electron chi connectivity index (χ0n) is 19.9. The van der Waals surface area contributed by atoms with Gasteiger partial charge in [-0.25, -0.2) is 4.39 Å². The molecule has 1 aromatic carbocycles. The van der Waals surface area contributed by atoms with E-state index in [1.807, 2.05) is 20.8 Å². The molecule has 0 aliphatic rings. The van der Waals surface area contributed by atoms with Gasteiger partial charge in [0.1, 0.15) is 22.2 Å². The molecule has 3 aromatic rings. The highest BCUT2D eigenvalue weighted by molar-refractivity contribution is 7.09. The highest BCUT2D eigenvalue weighted by Crippen LogP contribution is 2.32. The number of rotatable bonds is 9. The number of primary amides is 1. The van der Waals surface area contributed by atoms with Gasteiger partial charge < -0.3 is 26.1 Å². The Morgan fingerprint density at radius 3 is 2.46 bits per heavy atom. The fraction of sp³-hybridized carbons (Fsp3) is 0.333. The Labute approximate surface area is 206 Å². The van der Waals surface area contributed by atoms with Gasteiger partial charge >= 0.3 is 0 Å². The number of carbonyl (C=O) groups excluding carboxylic acids is 3. The first-order valence-corrected chi connectivity index (χ1v) is 11.7. The topological polar surface area (TPSA) is 145 Å². The smallest absolute Gasteiger partial charge is 0.270 e. The molecule has 0 bridgehead atoms. The van der Waals surface area contributed by atoms with Crippen LogP contribution in [0.4, 0.5) is 10.1 Å². The van der Waals surface area contributed by atoms with Gasteiger partial charge in [-0.1, -0.05) is 25.1 Å². The number of aromatic nitrogens is 1. The number of hydrogen-bond acceptors (Lipinski definition) is 7. The van der Waals surface area contributed by atoms with Gasteiger partial charge in [0.15, 0.2) is 11.7 Å². The standard InChI is InChI=1S/C24H28FN5O4S/c1-5-24(3,4)28-22(32)19(16-11-10-13(2)34-16)30(12-14-8-6-7-9-15(14)25)23(33)20-17(26)18(21(27)31)29-35-20/h6-11,19H,5,12,26H2,1-4H3,(H2,27,31)(H,28,32)/t19-/m1/s1. The van der Waals surface area contributed by atoms with Crippen LogP contribution in [0.5, 0.6) is 0 Å². The van der Waals surface area contributed by atoms with E-state index < -0.39 is 35.1 Å². The zero-order valence-corrected chi connectivity index (χ0v) is 20.7. The number of nitrogens with two attached hydrogens (primary N) is 2. The van der Waals surface area contributed by atoms with E-state index in [0.717, 1.165) is 4.90 Å². The quantitative estimate of drug-likeness (QED) is 0.409. The van der Waals surface area contributed by atoms with Crippen molar-refractivity contribution >= 4 is 34.9 Å². The number of furan rings is 1.